The van der Waals surface area contributed by atoms with Crippen LogP contribution in [0, 0.1) is 12.7 Å². The molecule has 1 aromatic heterocycles. The second-order valence-electron chi connectivity index (χ2n) is 6.51. The number of anilines is 5. The van der Waals surface area contributed by atoms with Gasteiger partial charge in [0.15, 0.2) is 0 Å². The van der Waals surface area contributed by atoms with E-state index >= 15 is 0 Å². The molecule has 1 fully saturated rings. The number of benzene rings is 2. The molecule has 0 amide bonds. The zero-order chi connectivity index (χ0) is 19.3. The molecule has 0 unspecified atom stereocenters. The van der Waals surface area contributed by atoms with Crippen molar-refractivity contribution in [3.63, 3.8) is 0 Å². The molecule has 7 nitrogen and oxygen atoms in total. The number of morpholine rings is 1. The van der Waals surface area contributed by atoms with E-state index in [1.165, 1.54) is 12.1 Å². The van der Waals surface area contributed by atoms with E-state index in [4.69, 9.17) is 4.74 Å². The van der Waals surface area contributed by atoms with E-state index in [1.54, 1.807) is 12.1 Å². The molecule has 0 spiro atoms. The molecule has 0 radical (unpaired) electrons. The molecule has 0 saturated carbocycles. The number of ether oxygens (including phenoxy) is 1. The molecule has 0 aliphatic carbocycles. The van der Waals surface area contributed by atoms with Gasteiger partial charge in [0.05, 0.1) is 13.2 Å². The summed E-state index contributed by atoms with van der Waals surface area (Å²) in [4.78, 5) is 15.6. The van der Waals surface area contributed by atoms with E-state index in [9.17, 15) is 4.39 Å². The molecule has 0 bridgehead atoms. The number of rotatable bonds is 5. The maximum Gasteiger partial charge on any atom is 0.233 e. The third-order valence-electron chi connectivity index (χ3n) is 4.29. The maximum atomic E-state index is 13.2. The molecule has 29 heavy (non-hydrogen) atoms. The molecule has 0 atom stereocenters. The molecule has 4 rings (SSSR count). The molecular weight excluding hydrogens is 395 g/mol. The summed E-state index contributed by atoms with van der Waals surface area (Å²) in [6.07, 6.45) is 0. The Morgan fingerprint density at radius 1 is 0.897 bits per heavy atom. The second-order valence-corrected chi connectivity index (χ2v) is 6.51. The summed E-state index contributed by atoms with van der Waals surface area (Å²) in [6, 6.07) is 14.0. The molecule has 1 aliphatic rings. The van der Waals surface area contributed by atoms with Crippen molar-refractivity contribution in [2.75, 3.05) is 41.8 Å². The van der Waals surface area contributed by atoms with Gasteiger partial charge in [0.2, 0.25) is 17.8 Å². The average molecular weight is 417 g/mol. The lowest BCUT2D eigenvalue weighted by Crippen LogP contribution is -2.37. The predicted molar refractivity (Wildman–Crippen MR) is 114 cm³/mol. The van der Waals surface area contributed by atoms with Gasteiger partial charge in [-0.3, -0.25) is 0 Å². The standard InChI is InChI=1S/C20H21FN6O.ClH/c1-14-3-2-4-17(13-14)23-19-24-18(22-16-7-5-15(21)6-8-16)25-20(26-19)27-9-11-28-12-10-27;/h2-8,13H,9-12H2,1H3,(H2,22,23,24,25,26);1H. The Morgan fingerprint density at radius 3 is 2.21 bits per heavy atom. The summed E-state index contributed by atoms with van der Waals surface area (Å²) in [5.41, 5.74) is 2.73. The summed E-state index contributed by atoms with van der Waals surface area (Å²) in [5.74, 6) is 1.10. The van der Waals surface area contributed by atoms with Crippen LogP contribution in [-0.4, -0.2) is 41.3 Å². The summed E-state index contributed by atoms with van der Waals surface area (Å²) in [5, 5.41) is 6.36. The van der Waals surface area contributed by atoms with E-state index in [0.29, 0.717) is 49.8 Å². The van der Waals surface area contributed by atoms with E-state index in [2.05, 4.69) is 30.5 Å². The van der Waals surface area contributed by atoms with Crippen LogP contribution in [0.25, 0.3) is 0 Å². The molecule has 2 heterocycles. The number of hydrogen-bond donors (Lipinski definition) is 2. The summed E-state index contributed by atoms with van der Waals surface area (Å²) >= 11 is 0. The van der Waals surface area contributed by atoms with E-state index in [0.717, 1.165) is 11.3 Å². The fraction of sp³-hybridized carbons (Fsp3) is 0.250. The Kier molecular flexibility index (Phi) is 6.79. The molecule has 3 aromatic rings. The molecular formula is C20H22ClFN6O. The minimum Gasteiger partial charge on any atom is -0.378 e. The van der Waals surface area contributed by atoms with Crippen molar-refractivity contribution < 1.29 is 9.13 Å². The Bertz CT molecular complexity index is 950. The van der Waals surface area contributed by atoms with Gasteiger partial charge in [-0.1, -0.05) is 12.1 Å². The van der Waals surface area contributed by atoms with Gasteiger partial charge in [0, 0.05) is 24.5 Å². The van der Waals surface area contributed by atoms with Crippen LogP contribution in [0.1, 0.15) is 5.56 Å². The number of aromatic nitrogens is 3. The topological polar surface area (TPSA) is 75.2 Å². The van der Waals surface area contributed by atoms with Crippen LogP contribution in [0.2, 0.25) is 0 Å². The lowest BCUT2D eigenvalue weighted by molar-refractivity contribution is 0.122. The highest BCUT2D eigenvalue weighted by atomic mass is 35.5. The average Bonchev–Trinajstić information content (AvgIpc) is 2.70. The van der Waals surface area contributed by atoms with Gasteiger partial charge >= 0.3 is 0 Å². The predicted octanol–water partition coefficient (Wildman–Crippen LogP) is 4.06. The highest BCUT2D eigenvalue weighted by Crippen LogP contribution is 2.21. The maximum absolute atomic E-state index is 13.2. The van der Waals surface area contributed by atoms with E-state index < -0.39 is 0 Å². The monoisotopic (exact) mass is 416 g/mol. The first-order valence-corrected chi connectivity index (χ1v) is 9.11. The van der Waals surface area contributed by atoms with Gasteiger partial charge in [-0.05, 0) is 48.9 Å². The number of hydrogen-bond acceptors (Lipinski definition) is 7. The fourth-order valence-electron chi connectivity index (χ4n) is 2.90. The first kappa shape index (κ1) is 20.8. The Balaban J connectivity index is 0.00000240. The van der Waals surface area contributed by atoms with Crippen molar-refractivity contribution in [2.24, 2.45) is 0 Å². The van der Waals surface area contributed by atoms with Crippen LogP contribution in [-0.2, 0) is 4.74 Å². The largest absolute Gasteiger partial charge is 0.378 e. The highest BCUT2D eigenvalue weighted by Gasteiger charge is 2.17. The zero-order valence-electron chi connectivity index (χ0n) is 15.9. The van der Waals surface area contributed by atoms with Crippen LogP contribution < -0.4 is 15.5 Å². The SMILES string of the molecule is Cc1cccc(Nc2nc(Nc3ccc(F)cc3)nc(N3CCOCC3)n2)c1.Cl. The van der Waals surface area contributed by atoms with Gasteiger partial charge in [0.1, 0.15) is 5.82 Å². The Hall–Kier alpha value is -2.97. The van der Waals surface area contributed by atoms with Crippen molar-refractivity contribution in [2.45, 2.75) is 6.92 Å². The van der Waals surface area contributed by atoms with Gasteiger partial charge in [-0.2, -0.15) is 15.0 Å². The minimum atomic E-state index is -0.294. The van der Waals surface area contributed by atoms with Gasteiger partial charge < -0.3 is 20.3 Å². The summed E-state index contributed by atoms with van der Waals surface area (Å²) < 4.78 is 18.6. The Labute approximate surface area is 174 Å². The second kappa shape index (κ2) is 9.49. The van der Waals surface area contributed by atoms with Crippen LogP contribution >= 0.6 is 12.4 Å². The van der Waals surface area contributed by atoms with Crippen molar-refractivity contribution in [1.82, 2.24) is 15.0 Å². The van der Waals surface area contributed by atoms with Crippen molar-refractivity contribution >= 4 is 41.6 Å². The third-order valence-corrected chi connectivity index (χ3v) is 4.29. The van der Waals surface area contributed by atoms with Crippen LogP contribution in [0.4, 0.5) is 33.6 Å². The van der Waals surface area contributed by atoms with Crippen LogP contribution in [0.5, 0.6) is 0 Å². The quantitative estimate of drug-likeness (QED) is 0.649. The minimum absolute atomic E-state index is 0. The lowest BCUT2D eigenvalue weighted by Gasteiger charge is -2.27. The van der Waals surface area contributed by atoms with Gasteiger partial charge in [-0.25, -0.2) is 4.39 Å². The van der Waals surface area contributed by atoms with E-state index in [1.807, 2.05) is 31.2 Å². The molecule has 2 N–H and O–H groups in total. The van der Waals surface area contributed by atoms with E-state index in [-0.39, 0.29) is 18.2 Å². The molecule has 9 heteroatoms. The molecule has 2 aromatic carbocycles. The summed E-state index contributed by atoms with van der Waals surface area (Å²) in [7, 11) is 0. The first-order valence-electron chi connectivity index (χ1n) is 9.11. The molecule has 152 valence electrons. The van der Waals surface area contributed by atoms with Crippen molar-refractivity contribution in [1.29, 1.82) is 0 Å². The van der Waals surface area contributed by atoms with Crippen molar-refractivity contribution in [3.05, 3.63) is 59.9 Å². The molecule has 1 saturated heterocycles. The number of nitrogens with zero attached hydrogens (tertiary/aromatic N) is 4. The van der Waals surface area contributed by atoms with Crippen LogP contribution in [0.3, 0.4) is 0 Å². The lowest BCUT2D eigenvalue weighted by atomic mass is 10.2. The van der Waals surface area contributed by atoms with Crippen molar-refractivity contribution in [3.8, 4) is 0 Å². The van der Waals surface area contributed by atoms with Gasteiger partial charge in [-0.15, -0.1) is 12.4 Å². The highest BCUT2D eigenvalue weighted by molar-refractivity contribution is 5.85. The summed E-state index contributed by atoms with van der Waals surface area (Å²) in [6.45, 7) is 4.72. The number of aryl methyl sites for hydroxylation is 1. The fourth-order valence-corrected chi connectivity index (χ4v) is 2.90. The smallest absolute Gasteiger partial charge is 0.233 e. The zero-order valence-corrected chi connectivity index (χ0v) is 16.7. The number of nitrogens with one attached hydrogen (secondary N) is 2. The van der Waals surface area contributed by atoms with Crippen LogP contribution in [0.15, 0.2) is 48.5 Å². The molecule has 1 aliphatic heterocycles. The number of halogens is 2. The van der Waals surface area contributed by atoms with Gasteiger partial charge in [0.25, 0.3) is 0 Å². The third kappa shape index (κ3) is 5.52. The Morgan fingerprint density at radius 2 is 1.55 bits per heavy atom. The normalized spacial score (nSPS) is 13.5. The first-order chi connectivity index (χ1) is 13.7.